The molecule has 2 aliphatic rings. The lowest BCUT2D eigenvalue weighted by molar-refractivity contribution is -0.123. The monoisotopic (exact) mass is 352 g/mol. The van der Waals surface area contributed by atoms with Crippen molar-refractivity contribution >= 4 is 11.8 Å². The van der Waals surface area contributed by atoms with Gasteiger partial charge >= 0.3 is 0 Å². The van der Waals surface area contributed by atoms with Crippen molar-refractivity contribution in [2.45, 2.75) is 56.5 Å². The first-order valence-electron chi connectivity index (χ1n) is 9.34. The molecule has 2 amide bonds. The third kappa shape index (κ3) is 3.52. The minimum absolute atomic E-state index is 0.0478. The summed E-state index contributed by atoms with van der Waals surface area (Å²) in [5.41, 5.74) is 2.19. The highest BCUT2D eigenvalue weighted by Crippen LogP contribution is 2.32. The van der Waals surface area contributed by atoms with Crippen molar-refractivity contribution in [2.24, 2.45) is 0 Å². The highest BCUT2D eigenvalue weighted by Gasteiger charge is 2.38. The number of aryl methyl sites for hydroxylation is 1. The number of hydrogen-bond acceptors (Lipinski definition) is 3. The lowest BCUT2D eigenvalue weighted by Gasteiger charge is -2.28. The fourth-order valence-corrected chi connectivity index (χ4v) is 4.26. The Balaban J connectivity index is 1.37. The van der Waals surface area contributed by atoms with Crippen molar-refractivity contribution in [3.8, 4) is 0 Å². The minimum atomic E-state index is -0.375. The zero-order chi connectivity index (χ0) is 18.0. The average Bonchev–Trinajstić information content (AvgIpc) is 3.36. The van der Waals surface area contributed by atoms with Gasteiger partial charge in [0, 0.05) is 24.8 Å². The number of carbonyl (C=O) groups excluding carboxylic acids is 2. The van der Waals surface area contributed by atoms with Gasteiger partial charge in [0.15, 0.2) is 0 Å². The number of amides is 2. The second kappa shape index (κ2) is 6.98. The summed E-state index contributed by atoms with van der Waals surface area (Å²) in [5.74, 6) is 0.950. The molecule has 1 aromatic carbocycles. The highest BCUT2D eigenvalue weighted by atomic mass is 16.3. The molecule has 2 atom stereocenters. The van der Waals surface area contributed by atoms with Crippen LogP contribution in [0.5, 0.6) is 0 Å². The zero-order valence-electron chi connectivity index (χ0n) is 14.8. The molecular formula is C21H24N2O3. The zero-order valence-corrected chi connectivity index (χ0v) is 14.8. The Kier molecular flexibility index (Phi) is 4.53. The SMILES string of the molecule is O=C(CC[C@@]1(Cc2ccco2)CCC(=O)N1)N[C@@H]1CCc2ccccc21. The maximum Gasteiger partial charge on any atom is 0.220 e. The van der Waals surface area contributed by atoms with Crippen LogP contribution >= 0.6 is 0 Å². The van der Waals surface area contributed by atoms with E-state index >= 15 is 0 Å². The summed E-state index contributed by atoms with van der Waals surface area (Å²) in [6.07, 6.45) is 6.53. The van der Waals surface area contributed by atoms with Gasteiger partial charge in [0.25, 0.3) is 0 Å². The third-order valence-corrected chi connectivity index (χ3v) is 5.63. The van der Waals surface area contributed by atoms with E-state index in [1.165, 1.54) is 11.1 Å². The molecule has 1 aliphatic carbocycles. The van der Waals surface area contributed by atoms with Crippen LogP contribution in [0.1, 0.15) is 55.0 Å². The molecule has 0 spiro atoms. The number of nitrogens with one attached hydrogen (secondary N) is 2. The number of hydrogen-bond donors (Lipinski definition) is 2. The second-order valence-electron chi connectivity index (χ2n) is 7.44. The first-order valence-corrected chi connectivity index (χ1v) is 9.34. The Morgan fingerprint density at radius 3 is 2.88 bits per heavy atom. The van der Waals surface area contributed by atoms with Crippen LogP contribution in [0.3, 0.4) is 0 Å². The van der Waals surface area contributed by atoms with Crippen LogP contribution in [0, 0.1) is 0 Å². The van der Waals surface area contributed by atoms with E-state index in [2.05, 4.69) is 22.8 Å². The molecule has 5 nitrogen and oxygen atoms in total. The van der Waals surface area contributed by atoms with Gasteiger partial charge in [0.1, 0.15) is 5.76 Å². The molecule has 0 unspecified atom stereocenters. The van der Waals surface area contributed by atoms with Crippen molar-refractivity contribution in [1.29, 1.82) is 0 Å². The highest BCUT2D eigenvalue weighted by molar-refractivity contribution is 5.80. The van der Waals surface area contributed by atoms with Crippen LogP contribution in [0.2, 0.25) is 0 Å². The van der Waals surface area contributed by atoms with Crippen LogP contribution in [0.4, 0.5) is 0 Å². The van der Waals surface area contributed by atoms with E-state index in [1.807, 2.05) is 24.3 Å². The molecule has 2 N–H and O–H groups in total. The van der Waals surface area contributed by atoms with E-state index in [0.717, 1.165) is 25.0 Å². The summed E-state index contributed by atoms with van der Waals surface area (Å²) >= 11 is 0. The predicted molar refractivity (Wildman–Crippen MR) is 97.4 cm³/mol. The smallest absolute Gasteiger partial charge is 0.220 e. The number of rotatable bonds is 6. The summed E-state index contributed by atoms with van der Waals surface area (Å²) in [4.78, 5) is 24.4. The number of benzene rings is 1. The Morgan fingerprint density at radius 1 is 1.23 bits per heavy atom. The maximum absolute atomic E-state index is 12.5. The van der Waals surface area contributed by atoms with Gasteiger partial charge < -0.3 is 15.1 Å². The van der Waals surface area contributed by atoms with E-state index in [0.29, 0.717) is 25.7 Å². The average molecular weight is 352 g/mol. The van der Waals surface area contributed by atoms with Crippen molar-refractivity contribution in [2.75, 3.05) is 0 Å². The summed E-state index contributed by atoms with van der Waals surface area (Å²) in [6.45, 7) is 0. The first-order chi connectivity index (χ1) is 12.6. The Hall–Kier alpha value is -2.56. The summed E-state index contributed by atoms with van der Waals surface area (Å²) < 4.78 is 5.46. The molecule has 26 heavy (non-hydrogen) atoms. The van der Waals surface area contributed by atoms with E-state index in [-0.39, 0.29) is 23.4 Å². The minimum Gasteiger partial charge on any atom is -0.469 e. The molecule has 2 aromatic rings. The largest absolute Gasteiger partial charge is 0.469 e. The van der Waals surface area contributed by atoms with Gasteiger partial charge in [-0.25, -0.2) is 0 Å². The number of furan rings is 1. The van der Waals surface area contributed by atoms with Gasteiger partial charge in [-0.05, 0) is 48.9 Å². The van der Waals surface area contributed by atoms with Crippen LogP contribution < -0.4 is 10.6 Å². The Bertz CT molecular complexity index is 799. The van der Waals surface area contributed by atoms with Crippen molar-refractivity contribution < 1.29 is 14.0 Å². The van der Waals surface area contributed by atoms with E-state index in [1.54, 1.807) is 6.26 Å². The normalized spacial score (nSPS) is 24.3. The molecule has 136 valence electrons. The topological polar surface area (TPSA) is 71.3 Å². The molecule has 4 rings (SSSR count). The predicted octanol–water partition coefficient (Wildman–Crippen LogP) is 3.05. The first kappa shape index (κ1) is 16.9. The molecule has 0 bridgehead atoms. The molecule has 0 radical (unpaired) electrons. The van der Waals surface area contributed by atoms with Gasteiger partial charge in [-0.15, -0.1) is 0 Å². The standard InChI is InChI=1S/C21H24N2O3/c24-19(22-18-8-7-15-4-1-2-6-17(15)18)9-11-21(12-10-20(25)23-21)14-16-5-3-13-26-16/h1-6,13,18H,7-12,14H2,(H,22,24)(H,23,25)/t18-,21+/m1/s1. The fraction of sp³-hybridized carbons (Fsp3) is 0.429. The van der Waals surface area contributed by atoms with Crippen molar-refractivity contribution in [1.82, 2.24) is 10.6 Å². The Labute approximate surface area is 153 Å². The van der Waals surface area contributed by atoms with Gasteiger partial charge in [0.2, 0.25) is 11.8 Å². The molecule has 1 fully saturated rings. The van der Waals surface area contributed by atoms with Gasteiger partial charge in [0.05, 0.1) is 12.3 Å². The molecule has 5 heteroatoms. The molecule has 1 aromatic heterocycles. The fourth-order valence-electron chi connectivity index (χ4n) is 4.26. The van der Waals surface area contributed by atoms with E-state index in [4.69, 9.17) is 4.42 Å². The molecule has 2 heterocycles. The van der Waals surface area contributed by atoms with Crippen LogP contribution in [-0.2, 0) is 22.4 Å². The van der Waals surface area contributed by atoms with Gasteiger partial charge in [-0.1, -0.05) is 24.3 Å². The maximum atomic E-state index is 12.5. The molecule has 0 saturated carbocycles. The summed E-state index contributed by atoms with van der Waals surface area (Å²) in [7, 11) is 0. The summed E-state index contributed by atoms with van der Waals surface area (Å²) in [6, 6.07) is 12.2. The Morgan fingerprint density at radius 2 is 2.12 bits per heavy atom. The van der Waals surface area contributed by atoms with Gasteiger partial charge in [-0.3, -0.25) is 9.59 Å². The number of fused-ring (bicyclic) bond motifs is 1. The second-order valence-corrected chi connectivity index (χ2v) is 7.44. The van der Waals surface area contributed by atoms with Crippen LogP contribution in [-0.4, -0.2) is 17.4 Å². The third-order valence-electron chi connectivity index (χ3n) is 5.63. The van der Waals surface area contributed by atoms with Crippen LogP contribution in [0.15, 0.2) is 47.1 Å². The lowest BCUT2D eigenvalue weighted by Crippen LogP contribution is -2.44. The van der Waals surface area contributed by atoms with Gasteiger partial charge in [-0.2, -0.15) is 0 Å². The molecular weight excluding hydrogens is 328 g/mol. The lowest BCUT2D eigenvalue weighted by atomic mass is 9.87. The van der Waals surface area contributed by atoms with Crippen LogP contribution in [0.25, 0.3) is 0 Å². The number of carbonyl (C=O) groups is 2. The summed E-state index contributed by atoms with van der Waals surface area (Å²) in [5, 5.41) is 6.26. The quantitative estimate of drug-likeness (QED) is 0.839. The van der Waals surface area contributed by atoms with Crippen molar-refractivity contribution in [3.63, 3.8) is 0 Å². The molecule has 1 saturated heterocycles. The van der Waals surface area contributed by atoms with E-state index < -0.39 is 0 Å². The van der Waals surface area contributed by atoms with E-state index in [9.17, 15) is 9.59 Å². The molecule has 1 aliphatic heterocycles. The van der Waals surface area contributed by atoms with Crippen molar-refractivity contribution in [3.05, 3.63) is 59.5 Å².